The Morgan fingerprint density at radius 1 is 1.19 bits per heavy atom. The van der Waals surface area contributed by atoms with Crippen LogP contribution < -0.4 is 16.4 Å². The Morgan fingerprint density at radius 3 is 2.42 bits per heavy atom. The molecule has 2 fully saturated rings. The number of rotatable bonds is 8. The van der Waals surface area contributed by atoms with Gasteiger partial charge in [0.2, 0.25) is 17.7 Å². The zero-order valence-corrected chi connectivity index (χ0v) is 17.5. The maximum Gasteiger partial charge on any atom is 0.326 e. The Kier molecular flexibility index (Phi) is 7.27. The number of hydrogen-bond donors (Lipinski definition) is 4. The molecule has 3 amide bonds. The third-order valence-corrected chi connectivity index (χ3v) is 6.33. The van der Waals surface area contributed by atoms with Crippen molar-refractivity contribution in [3.8, 4) is 0 Å². The van der Waals surface area contributed by atoms with E-state index in [0.717, 1.165) is 24.9 Å². The number of benzene rings is 1. The normalized spacial score (nSPS) is 21.3. The van der Waals surface area contributed by atoms with E-state index in [-0.39, 0.29) is 24.8 Å². The highest BCUT2D eigenvalue weighted by atomic mass is 16.4. The lowest BCUT2D eigenvalue weighted by Gasteiger charge is -2.42. The highest BCUT2D eigenvalue weighted by molar-refractivity contribution is 5.92. The molecule has 9 heteroatoms. The van der Waals surface area contributed by atoms with Gasteiger partial charge in [-0.1, -0.05) is 30.3 Å². The number of carbonyl (C=O) groups excluding carboxylic acids is 3. The summed E-state index contributed by atoms with van der Waals surface area (Å²) in [6.45, 7) is 1.67. The Morgan fingerprint density at radius 2 is 1.87 bits per heavy atom. The molecule has 5 N–H and O–H groups in total. The van der Waals surface area contributed by atoms with Gasteiger partial charge in [-0.3, -0.25) is 14.4 Å². The van der Waals surface area contributed by atoms with Gasteiger partial charge in [0, 0.05) is 19.5 Å². The number of nitrogens with two attached hydrogens (primary N) is 1. The fourth-order valence-corrected chi connectivity index (χ4v) is 4.47. The molecule has 2 aliphatic rings. The lowest BCUT2D eigenvalue weighted by molar-refractivity contribution is -0.144. The van der Waals surface area contributed by atoms with Crippen LogP contribution in [0.5, 0.6) is 0 Å². The van der Waals surface area contributed by atoms with Crippen LogP contribution in [0.15, 0.2) is 30.3 Å². The molecule has 2 unspecified atom stereocenters. The second kappa shape index (κ2) is 9.91. The van der Waals surface area contributed by atoms with Crippen molar-refractivity contribution in [2.24, 2.45) is 5.73 Å². The van der Waals surface area contributed by atoms with Crippen molar-refractivity contribution in [3.05, 3.63) is 35.9 Å². The molecule has 2 saturated heterocycles. The first kappa shape index (κ1) is 22.7. The van der Waals surface area contributed by atoms with E-state index in [1.165, 1.54) is 0 Å². The van der Waals surface area contributed by atoms with E-state index in [2.05, 4.69) is 10.6 Å². The second-order valence-corrected chi connectivity index (χ2v) is 8.29. The summed E-state index contributed by atoms with van der Waals surface area (Å²) >= 11 is 0. The van der Waals surface area contributed by atoms with Gasteiger partial charge in [0.1, 0.15) is 6.04 Å². The summed E-state index contributed by atoms with van der Waals surface area (Å²) in [4.78, 5) is 50.7. The van der Waals surface area contributed by atoms with Gasteiger partial charge >= 0.3 is 5.97 Å². The predicted octanol–water partition coefficient (Wildman–Crippen LogP) is 0.134. The molecule has 0 saturated carbocycles. The molecule has 2 heterocycles. The highest BCUT2D eigenvalue weighted by Gasteiger charge is 2.45. The lowest BCUT2D eigenvalue weighted by Crippen LogP contribution is -2.57. The quantitative estimate of drug-likeness (QED) is 0.462. The van der Waals surface area contributed by atoms with Crippen LogP contribution in [0.1, 0.15) is 44.1 Å². The lowest BCUT2D eigenvalue weighted by atomic mass is 9.71. The number of piperidine rings is 1. The third-order valence-electron chi connectivity index (χ3n) is 6.33. The molecule has 0 radical (unpaired) electrons. The third kappa shape index (κ3) is 5.22. The molecule has 2 atom stereocenters. The van der Waals surface area contributed by atoms with Gasteiger partial charge < -0.3 is 26.4 Å². The summed E-state index contributed by atoms with van der Waals surface area (Å²) in [6, 6.07) is 7.87. The fraction of sp³-hybridized carbons (Fsp3) is 0.545. The van der Waals surface area contributed by atoms with Crippen LogP contribution in [0.4, 0.5) is 0 Å². The van der Waals surface area contributed by atoms with E-state index in [4.69, 9.17) is 5.73 Å². The maximum atomic E-state index is 13.4. The number of likely N-dealkylation sites (tertiary alicyclic amines) is 1. The Bertz CT molecular complexity index is 814. The summed E-state index contributed by atoms with van der Waals surface area (Å²) in [6.07, 6.45) is 2.38. The molecule has 9 nitrogen and oxygen atoms in total. The first-order valence-corrected chi connectivity index (χ1v) is 10.7. The van der Waals surface area contributed by atoms with Gasteiger partial charge in [0.25, 0.3) is 0 Å². The summed E-state index contributed by atoms with van der Waals surface area (Å²) < 4.78 is 0. The van der Waals surface area contributed by atoms with Crippen molar-refractivity contribution in [3.63, 3.8) is 0 Å². The molecule has 2 aliphatic heterocycles. The van der Waals surface area contributed by atoms with Crippen molar-refractivity contribution in [1.82, 2.24) is 15.5 Å². The van der Waals surface area contributed by atoms with Gasteiger partial charge in [-0.05, 0) is 44.2 Å². The molecule has 1 aromatic rings. The number of carboxylic acids is 1. The number of carbonyl (C=O) groups is 4. The van der Waals surface area contributed by atoms with E-state index < -0.39 is 29.2 Å². The van der Waals surface area contributed by atoms with Crippen molar-refractivity contribution in [1.29, 1.82) is 0 Å². The Labute approximate surface area is 181 Å². The average molecular weight is 431 g/mol. The minimum atomic E-state index is -1.21. The number of aliphatic carboxylic acids is 1. The first-order chi connectivity index (χ1) is 14.8. The van der Waals surface area contributed by atoms with E-state index in [9.17, 15) is 24.3 Å². The van der Waals surface area contributed by atoms with E-state index in [1.807, 2.05) is 30.3 Å². The number of nitrogens with one attached hydrogen (secondary N) is 2. The van der Waals surface area contributed by atoms with Crippen LogP contribution in [0.2, 0.25) is 0 Å². The maximum absolute atomic E-state index is 13.4. The summed E-state index contributed by atoms with van der Waals surface area (Å²) in [5, 5.41) is 15.3. The SMILES string of the molecule is NC(=O)CCC(NC(=O)C1(c2ccccc2)CCN(C(=O)C2CCCN2)CC1)C(=O)O. The zero-order chi connectivity index (χ0) is 22.4. The Balaban J connectivity index is 1.77. The van der Waals surface area contributed by atoms with Gasteiger partial charge in [-0.2, -0.15) is 0 Å². The van der Waals surface area contributed by atoms with Crippen LogP contribution in [0, 0.1) is 0 Å². The number of carboxylic acid groups (broad SMARTS) is 1. The van der Waals surface area contributed by atoms with Crippen molar-refractivity contribution < 1.29 is 24.3 Å². The minimum Gasteiger partial charge on any atom is -0.480 e. The zero-order valence-electron chi connectivity index (χ0n) is 17.5. The predicted molar refractivity (Wildman–Crippen MR) is 113 cm³/mol. The van der Waals surface area contributed by atoms with Gasteiger partial charge in [0.05, 0.1) is 11.5 Å². The summed E-state index contributed by atoms with van der Waals surface area (Å²) in [5.41, 5.74) is 4.99. The van der Waals surface area contributed by atoms with Crippen LogP contribution in [-0.2, 0) is 24.6 Å². The van der Waals surface area contributed by atoms with E-state index in [1.54, 1.807) is 4.90 Å². The molecule has 0 spiro atoms. The topological polar surface area (TPSA) is 142 Å². The number of hydrogen-bond acceptors (Lipinski definition) is 5. The molecule has 0 bridgehead atoms. The van der Waals surface area contributed by atoms with Crippen molar-refractivity contribution >= 4 is 23.7 Å². The summed E-state index contributed by atoms with van der Waals surface area (Å²) in [7, 11) is 0. The molecule has 0 aromatic heterocycles. The van der Waals surface area contributed by atoms with Crippen LogP contribution in [0.25, 0.3) is 0 Å². The molecule has 31 heavy (non-hydrogen) atoms. The minimum absolute atomic E-state index is 0.0597. The monoisotopic (exact) mass is 430 g/mol. The number of nitrogens with zero attached hydrogens (tertiary/aromatic N) is 1. The van der Waals surface area contributed by atoms with Crippen molar-refractivity contribution in [2.45, 2.75) is 56.0 Å². The fourth-order valence-electron chi connectivity index (χ4n) is 4.47. The standard InChI is InChI=1S/C22H30N4O5/c23-18(27)9-8-17(20(29)30)25-21(31)22(15-5-2-1-3-6-15)10-13-26(14-11-22)19(28)16-7-4-12-24-16/h1-3,5-6,16-17,24H,4,7-14H2,(H2,23,27)(H,25,31)(H,29,30). The van der Waals surface area contributed by atoms with Crippen LogP contribution >= 0.6 is 0 Å². The van der Waals surface area contributed by atoms with Gasteiger partial charge in [-0.25, -0.2) is 4.79 Å². The first-order valence-electron chi connectivity index (χ1n) is 10.7. The van der Waals surface area contributed by atoms with E-state index >= 15 is 0 Å². The molecule has 3 rings (SSSR count). The molecule has 168 valence electrons. The average Bonchev–Trinajstić information content (AvgIpc) is 3.31. The molecular weight excluding hydrogens is 400 g/mol. The van der Waals surface area contributed by atoms with Gasteiger partial charge in [0.15, 0.2) is 0 Å². The largest absolute Gasteiger partial charge is 0.480 e. The number of primary amides is 1. The van der Waals surface area contributed by atoms with Crippen molar-refractivity contribution in [2.75, 3.05) is 19.6 Å². The van der Waals surface area contributed by atoms with Gasteiger partial charge in [-0.15, -0.1) is 0 Å². The van der Waals surface area contributed by atoms with E-state index in [0.29, 0.717) is 25.9 Å². The Hall–Kier alpha value is -2.94. The molecular formula is C22H30N4O5. The molecule has 1 aromatic carbocycles. The summed E-state index contributed by atoms with van der Waals surface area (Å²) in [5.74, 6) is -2.17. The smallest absolute Gasteiger partial charge is 0.326 e. The number of amides is 3. The van der Waals surface area contributed by atoms with Crippen LogP contribution in [0.3, 0.4) is 0 Å². The van der Waals surface area contributed by atoms with Crippen LogP contribution in [-0.4, -0.2) is 65.4 Å². The highest BCUT2D eigenvalue weighted by Crippen LogP contribution is 2.36. The molecule has 0 aliphatic carbocycles. The second-order valence-electron chi connectivity index (χ2n) is 8.29.